The van der Waals surface area contributed by atoms with E-state index in [4.69, 9.17) is 15.3 Å². The van der Waals surface area contributed by atoms with Crippen LogP contribution in [0.2, 0.25) is 0 Å². The zero-order valence-corrected chi connectivity index (χ0v) is 19.0. The summed E-state index contributed by atoms with van der Waals surface area (Å²) in [6.07, 6.45) is 1.55. The van der Waals surface area contributed by atoms with Gasteiger partial charge in [-0.15, -0.1) is 5.10 Å². The van der Waals surface area contributed by atoms with Gasteiger partial charge in [0.25, 0.3) is 5.78 Å². The normalized spacial score (nSPS) is 15.1. The van der Waals surface area contributed by atoms with Crippen LogP contribution in [-0.2, 0) is 10.0 Å². The molecule has 3 aromatic heterocycles. The lowest BCUT2D eigenvalue weighted by atomic mass is 10.2. The van der Waals surface area contributed by atoms with Gasteiger partial charge < -0.3 is 20.4 Å². The molecule has 5 N–H and O–H groups in total. The fourth-order valence-corrected chi connectivity index (χ4v) is 4.31. The predicted molar refractivity (Wildman–Crippen MR) is 126 cm³/mol. The molecule has 0 bridgehead atoms. The van der Waals surface area contributed by atoms with Crippen molar-refractivity contribution in [1.29, 1.82) is 0 Å². The van der Waals surface area contributed by atoms with Crippen molar-refractivity contribution < 1.29 is 12.8 Å². The van der Waals surface area contributed by atoms with Gasteiger partial charge in [-0.3, -0.25) is 4.90 Å². The molecular formula is C20H24N10O3S. The predicted octanol–water partition coefficient (Wildman–Crippen LogP) is 0.243. The fraction of sp³-hybridized carbons (Fsp3) is 0.300. The highest BCUT2D eigenvalue weighted by Crippen LogP contribution is 2.20. The molecule has 0 radical (unpaired) electrons. The average Bonchev–Trinajstić information content (AvgIpc) is 3.49. The maximum Gasteiger partial charge on any atom is 0.259 e. The van der Waals surface area contributed by atoms with Crippen LogP contribution in [0.4, 0.5) is 17.6 Å². The Morgan fingerprint density at radius 3 is 2.47 bits per heavy atom. The number of nitrogen functional groups attached to an aromatic ring is 1. The summed E-state index contributed by atoms with van der Waals surface area (Å²) < 4.78 is 29.5. The summed E-state index contributed by atoms with van der Waals surface area (Å²) in [5.74, 6) is 1.82. The summed E-state index contributed by atoms with van der Waals surface area (Å²) in [4.78, 5) is 17.7. The Morgan fingerprint density at radius 2 is 1.79 bits per heavy atom. The van der Waals surface area contributed by atoms with Crippen molar-refractivity contribution in [1.82, 2.24) is 29.5 Å². The number of piperazine rings is 1. The molecule has 0 unspecified atom stereocenters. The van der Waals surface area contributed by atoms with Crippen LogP contribution in [0.3, 0.4) is 0 Å². The highest BCUT2D eigenvalue weighted by Gasteiger charge is 2.18. The number of sulfonamides is 1. The Labute approximate surface area is 195 Å². The van der Waals surface area contributed by atoms with Crippen LogP contribution in [0.25, 0.3) is 17.4 Å². The van der Waals surface area contributed by atoms with Gasteiger partial charge in [0.15, 0.2) is 5.76 Å². The zero-order valence-electron chi connectivity index (χ0n) is 18.2. The summed E-state index contributed by atoms with van der Waals surface area (Å²) in [6.45, 7) is 4.85. The molecule has 1 saturated heterocycles. The Bertz CT molecular complexity index is 1380. The summed E-state index contributed by atoms with van der Waals surface area (Å²) in [7, 11) is -3.68. The molecule has 1 aliphatic rings. The van der Waals surface area contributed by atoms with Crippen molar-refractivity contribution in [3.63, 3.8) is 0 Å². The van der Waals surface area contributed by atoms with E-state index in [9.17, 15) is 8.42 Å². The maximum absolute atomic E-state index is 11.4. The lowest BCUT2D eigenvalue weighted by molar-refractivity contribution is 0.267. The molecule has 0 spiro atoms. The van der Waals surface area contributed by atoms with Crippen molar-refractivity contribution >= 4 is 33.4 Å². The van der Waals surface area contributed by atoms with Gasteiger partial charge >= 0.3 is 0 Å². The van der Waals surface area contributed by atoms with Crippen LogP contribution in [0.15, 0.2) is 52.0 Å². The number of nitrogens with one attached hydrogen (secondary N) is 1. The molecule has 0 saturated carbocycles. The largest absolute Gasteiger partial charge is 0.461 e. The van der Waals surface area contributed by atoms with Crippen LogP contribution in [0.1, 0.15) is 0 Å². The fourth-order valence-electron chi connectivity index (χ4n) is 3.80. The highest BCUT2D eigenvalue weighted by atomic mass is 32.2. The van der Waals surface area contributed by atoms with E-state index in [-0.39, 0.29) is 10.8 Å². The number of anilines is 3. The highest BCUT2D eigenvalue weighted by molar-refractivity contribution is 7.89. The van der Waals surface area contributed by atoms with E-state index in [0.29, 0.717) is 29.9 Å². The minimum Gasteiger partial charge on any atom is -0.461 e. The maximum atomic E-state index is 11.4. The van der Waals surface area contributed by atoms with Gasteiger partial charge in [0, 0.05) is 45.0 Å². The van der Waals surface area contributed by atoms with Gasteiger partial charge in [-0.1, -0.05) is 0 Å². The molecule has 5 rings (SSSR count). The first kappa shape index (κ1) is 22.1. The standard InChI is InChI=1S/C20H24N10O3S/c21-18-25-19(26-20-24-17(27-30(18)20)16-2-1-13-33-16)23-7-8-28-9-11-29(12-10-28)14-3-5-15(6-4-14)34(22,31)32/h1-6,13H,7-12H2,(H2,22,31,32)(H3,21,23,24,25,26,27). The third-order valence-electron chi connectivity index (χ3n) is 5.59. The monoisotopic (exact) mass is 484 g/mol. The van der Waals surface area contributed by atoms with Crippen LogP contribution < -0.4 is 21.1 Å². The molecule has 34 heavy (non-hydrogen) atoms. The van der Waals surface area contributed by atoms with Crippen LogP contribution in [0, 0.1) is 0 Å². The van der Waals surface area contributed by atoms with E-state index >= 15 is 0 Å². The molecule has 4 heterocycles. The average molecular weight is 485 g/mol. The van der Waals surface area contributed by atoms with E-state index in [1.54, 1.807) is 30.5 Å². The van der Waals surface area contributed by atoms with Crippen LogP contribution in [-0.4, -0.2) is 77.2 Å². The Balaban J connectivity index is 1.14. The number of fused-ring (bicyclic) bond motifs is 1. The smallest absolute Gasteiger partial charge is 0.259 e. The van der Waals surface area contributed by atoms with Crippen LogP contribution >= 0.6 is 0 Å². The molecule has 14 heteroatoms. The number of rotatable bonds is 7. The first-order chi connectivity index (χ1) is 16.4. The number of primary sulfonamides is 1. The topological polar surface area (TPSA) is 174 Å². The Hall–Kier alpha value is -3.75. The van der Waals surface area contributed by atoms with Crippen molar-refractivity contribution in [2.24, 2.45) is 5.14 Å². The van der Waals surface area contributed by atoms with Gasteiger partial charge in [0.1, 0.15) is 0 Å². The Morgan fingerprint density at radius 1 is 1.03 bits per heavy atom. The van der Waals surface area contributed by atoms with Gasteiger partial charge in [0.2, 0.25) is 27.7 Å². The SMILES string of the molecule is Nc1nc(NCCN2CCN(c3ccc(S(N)(=O)=O)cc3)CC2)nc2nc(-c3ccco3)nn12. The van der Waals surface area contributed by atoms with Gasteiger partial charge in [-0.05, 0) is 36.4 Å². The first-order valence-corrected chi connectivity index (χ1v) is 12.2. The van der Waals surface area contributed by atoms with E-state index in [0.717, 1.165) is 38.4 Å². The van der Waals surface area contributed by atoms with Crippen molar-refractivity contribution in [3.05, 3.63) is 42.7 Å². The van der Waals surface area contributed by atoms with Crippen molar-refractivity contribution in [2.45, 2.75) is 4.90 Å². The molecule has 1 fully saturated rings. The van der Waals surface area contributed by atoms with Gasteiger partial charge in [0.05, 0.1) is 11.2 Å². The minimum atomic E-state index is -3.68. The molecule has 0 amide bonds. The molecule has 0 atom stereocenters. The molecule has 1 aromatic carbocycles. The van der Waals surface area contributed by atoms with E-state index in [1.165, 1.54) is 16.6 Å². The number of hydrogen-bond donors (Lipinski definition) is 3. The summed E-state index contributed by atoms with van der Waals surface area (Å²) in [5, 5.41) is 12.7. The van der Waals surface area contributed by atoms with Gasteiger partial charge in [-0.2, -0.15) is 19.5 Å². The lowest BCUT2D eigenvalue weighted by Gasteiger charge is -2.36. The number of nitrogens with two attached hydrogens (primary N) is 2. The second kappa shape index (κ2) is 8.89. The third kappa shape index (κ3) is 4.64. The summed E-state index contributed by atoms with van der Waals surface area (Å²) in [6, 6.07) is 10.2. The molecule has 13 nitrogen and oxygen atoms in total. The number of aromatic nitrogens is 5. The molecule has 178 valence electrons. The molecular weight excluding hydrogens is 460 g/mol. The molecule has 0 aliphatic carbocycles. The minimum absolute atomic E-state index is 0.116. The van der Waals surface area contributed by atoms with Crippen molar-refractivity contribution in [2.75, 3.05) is 55.2 Å². The first-order valence-electron chi connectivity index (χ1n) is 10.6. The number of hydrogen-bond acceptors (Lipinski definition) is 11. The zero-order chi connectivity index (χ0) is 23.7. The number of benzene rings is 1. The number of furan rings is 1. The molecule has 1 aliphatic heterocycles. The van der Waals surface area contributed by atoms with E-state index in [2.05, 4.69) is 35.2 Å². The summed E-state index contributed by atoms with van der Waals surface area (Å²) >= 11 is 0. The molecule has 4 aromatic rings. The summed E-state index contributed by atoms with van der Waals surface area (Å²) in [5.41, 5.74) is 7.00. The van der Waals surface area contributed by atoms with Crippen molar-refractivity contribution in [3.8, 4) is 11.6 Å². The lowest BCUT2D eigenvalue weighted by Crippen LogP contribution is -2.47. The quantitative estimate of drug-likeness (QED) is 0.328. The van der Waals surface area contributed by atoms with Gasteiger partial charge in [-0.25, -0.2) is 13.6 Å². The van der Waals surface area contributed by atoms with E-state index < -0.39 is 10.0 Å². The van der Waals surface area contributed by atoms with E-state index in [1.807, 2.05) is 0 Å². The second-order valence-electron chi connectivity index (χ2n) is 7.82. The Kier molecular flexibility index (Phi) is 5.77. The second-order valence-corrected chi connectivity index (χ2v) is 9.39. The van der Waals surface area contributed by atoms with Crippen LogP contribution in [0.5, 0.6) is 0 Å². The third-order valence-corrected chi connectivity index (χ3v) is 6.52. The number of nitrogens with zero attached hydrogens (tertiary/aromatic N) is 7.